The van der Waals surface area contributed by atoms with Crippen molar-refractivity contribution in [1.29, 1.82) is 0 Å². The van der Waals surface area contributed by atoms with E-state index in [2.05, 4.69) is 34.5 Å². The van der Waals surface area contributed by atoms with Crippen molar-refractivity contribution < 1.29 is 19.1 Å². The van der Waals surface area contributed by atoms with E-state index >= 15 is 0 Å². The number of carbonyl (C=O) groups is 2. The molecule has 3 aliphatic rings. The van der Waals surface area contributed by atoms with Crippen LogP contribution in [0.25, 0.3) is 0 Å². The van der Waals surface area contributed by atoms with Gasteiger partial charge in [0.25, 0.3) is 0 Å². The number of nitrogens with one attached hydrogen (secondary N) is 1. The van der Waals surface area contributed by atoms with Gasteiger partial charge in [-0.25, -0.2) is 0 Å². The predicted octanol–water partition coefficient (Wildman–Crippen LogP) is 2.59. The first kappa shape index (κ1) is 20.8. The molecule has 0 aliphatic carbocycles. The highest BCUT2D eigenvalue weighted by atomic mass is 16.6. The number of amides is 2. The van der Waals surface area contributed by atoms with Crippen molar-refractivity contribution in [2.24, 2.45) is 5.92 Å². The zero-order chi connectivity index (χ0) is 21.9. The Hall–Kier alpha value is -3.06. The van der Waals surface area contributed by atoms with Gasteiger partial charge in [0, 0.05) is 50.4 Å². The quantitative estimate of drug-likeness (QED) is 0.782. The highest BCUT2D eigenvalue weighted by Gasteiger charge is 2.36. The van der Waals surface area contributed by atoms with Crippen molar-refractivity contribution in [2.75, 3.05) is 37.7 Å². The molecule has 168 valence electrons. The molecular formula is C25H29N3O4. The number of ether oxygens (including phenoxy) is 2. The molecule has 32 heavy (non-hydrogen) atoms. The van der Waals surface area contributed by atoms with Crippen molar-refractivity contribution in [2.45, 2.75) is 31.8 Å². The first-order valence-electron chi connectivity index (χ1n) is 11.4. The number of nitrogens with zero attached hydrogens (tertiary/aromatic N) is 2. The lowest BCUT2D eigenvalue weighted by molar-refractivity contribution is -0.127. The van der Waals surface area contributed by atoms with Gasteiger partial charge in [0.15, 0.2) is 11.5 Å². The Balaban J connectivity index is 1.13. The fourth-order valence-electron chi connectivity index (χ4n) is 4.73. The minimum Gasteiger partial charge on any atom is -0.486 e. The molecule has 7 nitrogen and oxygen atoms in total. The van der Waals surface area contributed by atoms with Crippen LogP contribution in [-0.2, 0) is 16.1 Å². The zero-order valence-corrected chi connectivity index (χ0v) is 18.2. The monoisotopic (exact) mass is 435 g/mol. The Morgan fingerprint density at radius 1 is 1.00 bits per heavy atom. The summed E-state index contributed by atoms with van der Waals surface area (Å²) in [5.74, 6) is 0.980. The van der Waals surface area contributed by atoms with Crippen LogP contribution in [0.15, 0.2) is 48.5 Å². The maximum Gasteiger partial charge on any atom is 0.227 e. The second-order valence-corrected chi connectivity index (χ2v) is 8.78. The van der Waals surface area contributed by atoms with Crippen LogP contribution < -0.4 is 19.7 Å². The molecule has 2 saturated heterocycles. The number of carbonyl (C=O) groups excluding carboxylic acids is 2. The lowest BCUT2D eigenvalue weighted by Gasteiger charge is -2.32. The van der Waals surface area contributed by atoms with Gasteiger partial charge in [-0.2, -0.15) is 0 Å². The summed E-state index contributed by atoms with van der Waals surface area (Å²) in [6, 6.07) is 16.2. The van der Waals surface area contributed by atoms with E-state index < -0.39 is 0 Å². The number of hydrogen-bond acceptors (Lipinski definition) is 5. The van der Waals surface area contributed by atoms with E-state index in [9.17, 15) is 9.59 Å². The third-order valence-corrected chi connectivity index (χ3v) is 6.52. The van der Waals surface area contributed by atoms with Crippen molar-refractivity contribution in [3.05, 3.63) is 54.1 Å². The highest BCUT2D eigenvalue weighted by molar-refractivity contribution is 6.00. The van der Waals surface area contributed by atoms with Gasteiger partial charge in [-0.1, -0.05) is 30.3 Å². The van der Waals surface area contributed by atoms with Gasteiger partial charge in [-0.05, 0) is 30.5 Å². The van der Waals surface area contributed by atoms with Gasteiger partial charge in [0.2, 0.25) is 11.8 Å². The third kappa shape index (κ3) is 4.58. The Labute approximate surface area is 188 Å². The van der Waals surface area contributed by atoms with Crippen LogP contribution >= 0.6 is 0 Å². The second kappa shape index (κ2) is 9.20. The normalized spacial score (nSPS) is 21.6. The summed E-state index contributed by atoms with van der Waals surface area (Å²) in [6.07, 6.45) is 2.11. The van der Waals surface area contributed by atoms with E-state index in [0.717, 1.165) is 38.2 Å². The van der Waals surface area contributed by atoms with Crippen molar-refractivity contribution in [1.82, 2.24) is 10.2 Å². The van der Waals surface area contributed by atoms with Gasteiger partial charge < -0.3 is 19.7 Å². The molecule has 7 heteroatoms. The summed E-state index contributed by atoms with van der Waals surface area (Å²) < 4.78 is 11.2. The summed E-state index contributed by atoms with van der Waals surface area (Å²) in [5.41, 5.74) is 2.07. The number of hydrogen-bond donors (Lipinski definition) is 1. The summed E-state index contributed by atoms with van der Waals surface area (Å²) in [7, 11) is 0. The van der Waals surface area contributed by atoms with Crippen molar-refractivity contribution in [3.63, 3.8) is 0 Å². The molecule has 2 fully saturated rings. The van der Waals surface area contributed by atoms with Gasteiger partial charge in [-0.3, -0.25) is 14.5 Å². The Kier molecular flexibility index (Phi) is 5.99. The van der Waals surface area contributed by atoms with Crippen LogP contribution in [-0.4, -0.2) is 55.6 Å². The number of fused-ring (bicyclic) bond motifs is 1. The Morgan fingerprint density at radius 2 is 1.75 bits per heavy atom. The molecule has 2 amide bonds. The molecule has 0 spiro atoms. The smallest absolute Gasteiger partial charge is 0.227 e. The van der Waals surface area contributed by atoms with Gasteiger partial charge in [-0.15, -0.1) is 0 Å². The summed E-state index contributed by atoms with van der Waals surface area (Å²) in [6.45, 7) is 4.31. The summed E-state index contributed by atoms with van der Waals surface area (Å²) in [5, 5.41) is 3.20. The molecule has 3 heterocycles. The van der Waals surface area contributed by atoms with E-state index in [1.165, 1.54) is 5.56 Å². The molecule has 0 aromatic heterocycles. The highest BCUT2D eigenvalue weighted by Crippen LogP contribution is 2.36. The van der Waals surface area contributed by atoms with Crippen LogP contribution in [0.3, 0.4) is 0 Å². The maximum absolute atomic E-state index is 12.9. The molecule has 2 aromatic carbocycles. The van der Waals surface area contributed by atoms with E-state index in [1.807, 2.05) is 24.3 Å². The summed E-state index contributed by atoms with van der Waals surface area (Å²) in [4.78, 5) is 29.6. The lowest BCUT2D eigenvalue weighted by atomic mass is 10.0. The Morgan fingerprint density at radius 3 is 2.53 bits per heavy atom. The first-order chi connectivity index (χ1) is 15.7. The fourth-order valence-corrected chi connectivity index (χ4v) is 4.73. The van der Waals surface area contributed by atoms with Crippen LogP contribution in [0.2, 0.25) is 0 Å². The molecule has 5 rings (SSSR count). The molecule has 0 saturated carbocycles. The Bertz CT molecular complexity index is 972. The zero-order valence-electron chi connectivity index (χ0n) is 18.2. The number of rotatable bonds is 5. The SMILES string of the molecule is O=C(NC1CCN(Cc2ccccc2)CC1)C1CC(=O)N(c2ccc3c(c2)OCCO3)C1. The minimum absolute atomic E-state index is 0.0140. The molecule has 1 atom stereocenters. The van der Waals surface area contributed by atoms with Crippen LogP contribution in [0.5, 0.6) is 11.5 Å². The van der Waals surface area contributed by atoms with Crippen molar-refractivity contribution in [3.8, 4) is 11.5 Å². The topological polar surface area (TPSA) is 71.1 Å². The van der Waals surface area contributed by atoms with Gasteiger partial charge in [0.05, 0.1) is 5.92 Å². The van der Waals surface area contributed by atoms with Crippen LogP contribution in [0.4, 0.5) is 5.69 Å². The predicted molar refractivity (Wildman–Crippen MR) is 121 cm³/mol. The van der Waals surface area contributed by atoms with E-state index in [4.69, 9.17) is 9.47 Å². The third-order valence-electron chi connectivity index (χ3n) is 6.52. The van der Waals surface area contributed by atoms with Gasteiger partial charge >= 0.3 is 0 Å². The molecule has 1 N–H and O–H groups in total. The standard InChI is InChI=1S/C25H29N3O4/c29-24-14-19(17-28(24)21-6-7-22-23(15-21)32-13-12-31-22)25(30)26-20-8-10-27(11-9-20)16-18-4-2-1-3-5-18/h1-7,15,19-20H,8-14,16-17H2,(H,26,30). The number of likely N-dealkylation sites (tertiary alicyclic amines) is 1. The number of anilines is 1. The van der Waals surface area contributed by atoms with E-state index in [1.54, 1.807) is 4.90 Å². The van der Waals surface area contributed by atoms with Gasteiger partial charge in [0.1, 0.15) is 13.2 Å². The van der Waals surface area contributed by atoms with Crippen LogP contribution in [0.1, 0.15) is 24.8 Å². The van der Waals surface area contributed by atoms with Crippen molar-refractivity contribution >= 4 is 17.5 Å². The molecule has 2 aromatic rings. The molecular weight excluding hydrogens is 406 g/mol. The molecule has 0 radical (unpaired) electrons. The molecule has 0 bridgehead atoms. The maximum atomic E-state index is 12.9. The molecule has 1 unspecified atom stereocenters. The lowest BCUT2D eigenvalue weighted by Crippen LogP contribution is -2.46. The first-order valence-corrected chi connectivity index (χ1v) is 11.4. The second-order valence-electron chi connectivity index (χ2n) is 8.78. The van der Waals surface area contributed by atoms with E-state index in [-0.39, 0.29) is 30.2 Å². The molecule has 3 aliphatic heterocycles. The average molecular weight is 436 g/mol. The minimum atomic E-state index is -0.321. The number of piperidine rings is 1. The fraction of sp³-hybridized carbons (Fsp3) is 0.440. The number of benzene rings is 2. The van der Waals surface area contributed by atoms with E-state index in [0.29, 0.717) is 31.3 Å². The largest absolute Gasteiger partial charge is 0.486 e. The van der Waals surface area contributed by atoms with Crippen LogP contribution in [0, 0.1) is 5.92 Å². The summed E-state index contributed by atoms with van der Waals surface area (Å²) >= 11 is 0. The average Bonchev–Trinajstić information content (AvgIpc) is 3.22.